The van der Waals surface area contributed by atoms with Crippen LogP contribution in [0.5, 0.6) is 0 Å². The quantitative estimate of drug-likeness (QED) is 0.697. The first-order valence-electron chi connectivity index (χ1n) is 9.40. The van der Waals surface area contributed by atoms with Gasteiger partial charge >= 0.3 is 0 Å². The molecule has 0 aliphatic carbocycles. The van der Waals surface area contributed by atoms with Gasteiger partial charge in [0.2, 0.25) is 11.8 Å². The van der Waals surface area contributed by atoms with E-state index >= 15 is 0 Å². The van der Waals surface area contributed by atoms with Crippen LogP contribution in [0, 0.1) is 0 Å². The highest BCUT2D eigenvalue weighted by Crippen LogP contribution is 2.09. The zero-order valence-electron chi connectivity index (χ0n) is 16.4. The predicted octanol–water partition coefficient (Wildman–Crippen LogP) is 1.13. The van der Waals surface area contributed by atoms with Gasteiger partial charge in [0.25, 0.3) is 0 Å². The third-order valence-corrected chi connectivity index (χ3v) is 4.83. The van der Waals surface area contributed by atoms with Gasteiger partial charge in [0.15, 0.2) is 0 Å². The van der Waals surface area contributed by atoms with E-state index in [1.807, 2.05) is 30.0 Å². The molecule has 1 aliphatic rings. The molecule has 0 radical (unpaired) electrons. The van der Waals surface area contributed by atoms with Crippen molar-refractivity contribution in [3.05, 3.63) is 35.9 Å². The number of amides is 2. The molecule has 1 aliphatic heterocycles. The van der Waals surface area contributed by atoms with Crippen LogP contribution in [0.15, 0.2) is 30.3 Å². The number of likely N-dealkylation sites (N-methyl/N-ethyl adjacent to an activating group) is 1. The highest BCUT2D eigenvalue weighted by Gasteiger charge is 2.22. The fraction of sp³-hybridized carbons (Fsp3) is 0.600. The van der Waals surface area contributed by atoms with Crippen LogP contribution in [-0.4, -0.2) is 91.3 Å². The maximum atomic E-state index is 12.5. The summed E-state index contributed by atoms with van der Waals surface area (Å²) in [7, 11) is 3.97. The number of carbonyl (C=O) groups excluding carboxylic acids is 2. The molecule has 1 saturated heterocycles. The molecule has 6 heteroatoms. The molecule has 1 aromatic carbocycles. The van der Waals surface area contributed by atoms with Gasteiger partial charge in [0, 0.05) is 65.7 Å². The molecule has 26 heavy (non-hydrogen) atoms. The molecule has 0 atom stereocenters. The van der Waals surface area contributed by atoms with Crippen molar-refractivity contribution in [3.63, 3.8) is 0 Å². The highest BCUT2D eigenvalue weighted by molar-refractivity contribution is 5.78. The van der Waals surface area contributed by atoms with Crippen molar-refractivity contribution in [3.8, 4) is 0 Å². The molecular weight excluding hydrogens is 328 g/mol. The lowest BCUT2D eigenvalue weighted by Gasteiger charge is -2.35. The molecule has 0 bridgehead atoms. The molecule has 6 nitrogen and oxygen atoms in total. The van der Waals surface area contributed by atoms with E-state index in [-0.39, 0.29) is 11.8 Å². The first-order chi connectivity index (χ1) is 12.5. The second-order valence-corrected chi connectivity index (χ2v) is 7.20. The van der Waals surface area contributed by atoms with Crippen molar-refractivity contribution < 1.29 is 9.59 Å². The van der Waals surface area contributed by atoms with Crippen molar-refractivity contribution in [2.45, 2.75) is 19.9 Å². The van der Waals surface area contributed by atoms with Gasteiger partial charge in [0.1, 0.15) is 0 Å². The minimum absolute atomic E-state index is 0.0346. The molecule has 1 aromatic rings. The Morgan fingerprint density at radius 2 is 1.62 bits per heavy atom. The average Bonchev–Trinajstić information content (AvgIpc) is 2.62. The number of hydrogen-bond donors (Lipinski definition) is 0. The topological polar surface area (TPSA) is 47.1 Å². The zero-order valence-corrected chi connectivity index (χ0v) is 16.4. The van der Waals surface area contributed by atoms with Gasteiger partial charge in [-0.15, -0.1) is 0 Å². The second-order valence-electron chi connectivity index (χ2n) is 7.20. The van der Waals surface area contributed by atoms with Gasteiger partial charge in [-0.25, -0.2) is 0 Å². The Labute approximate surface area is 157 Å². The summed E-state index contributed by atoms with van der Waals surface area (Å²) >= 11 is 0. The molecule has 0 unspecified atom stereocenters. The normalized spacial score (nSPS) is 15.3. The molecule has 144 valence electrons. The van der Waals surface area contributed by atoms with Gasteiger partial charge in [-0.05, 0) is 19.7 Å². The van der Waals surface area contributed by atoms with Crippen molar-refractivity contribution >= 4 is 11.8 Å². The van der Waals surface area contributed by atoms with Crippen LogP contribution >= 0.6 is 0 Å². The minimum atomic E-state index is 0.0346. The van der Waals surface area contributed by atoms with Crippen LogP contribution in [0.2, 0.25) is 0 Å². The molecule has 0 spiro atoms. The van der Waals surface area contributed by atoms with E-state index in [0.717, 1.165) is 39.3 Å². The molecule has 1 fully saturated rings. The Kier molecular flexibility index (Phi) is 8.06. The standard InChI is InChI=1S/C20H32N4O2/c1-18(25)23(14-11-21(2)3)10-9-20(26)24-15-12-22(13-16-24)17-19-7-5-4-6-8-19/h4-8H,9-17H2,1-3H3. The lowest BCUT2D eigenvalue weighted by Crippen LogP contribution is -2.49. The van der Waals surface area contributed by atoms with E-state index in [9.17, 15) is 9.59 Å². The maximum Gasteiger partial charge on any atom is 0.224 e. The van der Waals surface area contributed by atoms with E-state index < -0.39 is 0 Å². The summed E-state index contributed by atoms with van der Waals surface area (Å²) < 4.78 is 0. The average molecular weight is 361 g/mol. The summed E-state index contributed by atoms with van der Waals surface area (Å²) in [6, 6.07) is 10.4. The Bertz CT molecular complexity index is 568. The molecular formula is C20H32N4O2. The highest BCUT2D eigenvalue weighted by atomic mass is 16.2. The lowest BCUT2D eigenvalue weighted by atomic mass is 10.2. The number of nitrogens with zero attached hydrogens (tertiary/aromatic N) is 4. The summed E-state index contributed by atoms with van der Waals surface area (Å²) in [6.07, 6.45) is 0.408. The maximum absolute atomic E-state index is 12.5. The smallest absolute Gasteiger partial charge is 0.224 e. The predicted molar refractivity (Wildman–Crippen MR) is 104 cm³/mol. The van der Waals surface area contributed by atoms with Crippen molar-refractivity contribution in [2.75, 3.05) is 59.9 Å². The van der Waals surface area contributed by atoms with Crippen LogP contribution in [-0.2, 0) is 16.1 Å². The fourth-order valence-corrected chi connectivity index (χ4v) is 3.13. The van der Waals surface area contributed by atoms with E-state index in [1.165, 1.54) is 5.56 Å². The number of carbonyl (C=O) groups is 2. The molecule has 0 aromatic heterocycles. The minimum Gasteiger partial charge on any atom is -0.341 e. The van der Waals surface area contributed by atoms with Crippen LogP contribution in [0.3, 0.4) is 0 Å². The molecule has 0 N–H and O–H groups in total. The molecule has 1 heterocycles. The second kappa shape index (κ2) is 10.3. The SMILES string of the molecule is CC(=O)N(CCC(=O)N1CCN(Cc2ccccc2)CC1)CCN(C)C. The lowest BCUT2D eigenvalue weighted by molar-refractivity contribution is -0.134. The number of benzene rings is 1. The first kappa shape index (κ1) is 20.4. The monoisotopic (exact) mass is 360 g/mol. The van der Waals surface area contributed by atoms with E-state index in [4.69, 9.17) is 0 Å². The van der Waals surface area contributed by atoms with Gasteiger partial charge < -0.3 is 14.7 Å². The summed E-state index contributed by atoms with van der Waals surface area (Å²) in [5.74, 6) is 0.188. The summed E-state index contributed by atoms with van der Waals surface area (Å²) in [4.78, 5) is 32.4. The Balaban J connectivity index is 1.72. The van der Waals surface area contributed by atoms with Gasteiger partial charge in [-0.3, -0.25) is 14.5 Å². The van der Waals surface area contributed by atoms with Crippen molar-refractivity contribution in [2.24, 2.45) is 0 Å². The number of hydrogen-bond acceptors (Lipinski definition) is 4. The molecule has 2 rings (SSSR count). The van der Waals surface area contributed by atoms with Crippen molar-refractivity contribution in [1.29, 1.82) is 0 Å². The van der Waals surface area contributed by atoms with Gasteiger partial charge in [-0.2, -0.15) is 0 Å². The van der Waals surface area contributed by atoms with E-state index in [1.54, 1.807) is 11.8 Å². The Morgan fingerprint density at radius 1 is 0.962 bits per heavy atom. The van der Waals surface area contributed by atoms with E-state index in [0.29, 0.717) is 19.5 Å². The number of rotatable bonds is 8. The van der Waals surface area contributed by atoms with Crippen LogP contribution in [0.25, 0.3) is 0 Å². The van der Waals surface area contributed by atoms with E-state index in [2.05, 4.69) is 29.2 Å². The fourth-order valence-electron chi connectivity index (χ4n) is 3.13. The summed E-state index contributed by atoms with van der Waals surface area (Å²) in [5, 5.41) is 0. The van der Waals surface area contributed by atoms with Crippen LogP contribution < -0.4 is 0 Å². The van der Waals surface area contributed by atoms with Gasteiger partial charge in [-0.1, -0.05) is 30.3 Å². The van der Waals surface area contributed by atoms with Gasteiger partial charge in [0.05, 0.1) is 0 Å². The third-order valence-electron chi connectivity index (χ3n) is 4.83. The Hall–Kier alpha value is -1.92. The van der Waals surface area contributed by atoms with Crippen molar-refractivity contribution in [1.82, 2.24) is 19.6 Å². The zero-order chi connectivity index (χ0) is 18.9. The summed E-state index contributed by atoms with van der Waals surface area (Å²) in [6.45, 7) is 7.83. The molecule has 0 saturated carbocycles. The third kappa shape index (κ3) is 6.77. The van der Waals surface area contributed by atoms with Crippen LogP contribution in [0.4, 0.5) is 0 Å². The first-order valence-corrected chi connectivity index (χ1v) is 9.40. The number of piperazine rings is 1. The largest absolute Gasteiger partial charge is 0.341 e. The van der Waals surface area contributed by atoms with Crippen LogP contribution in [0.1, 0.15) is 18.9 Å². The molecule has 2 amide bonds. The Morgan fingerprint density at radius 3 is 2.19 bits per heavy atom. The summed E-state index contributed by atoms with van der Waals surface area (Å²) in [5.41, 5.74) is 1.31.